The highest BCUT2D eigenvalue weighted by atomic mass is 35.7. The monoisotopic (exact) mass is 399 g/mol. The molecule has 2 aromatic carbocycles. The number of hydrogen-bond donors (Lipinski definition) is 3. The third-order valence-electron chi connectivity index (χ3n) is 3.30. The van der Waals surface area contributed by atoms with Crippen molar-refractivity contribution in [3.8, 4) is 0 Å². The second-order valence-corrected chi connectivity index (χ2v) is 7.54. The first-order valence-electron chi connectivity index (χ1n) is 7.47. The van der Waals surface area contributed by atoms with Crippen LogP contribution >= 0.6 is 18.2 Å². The smallest absolute Gasteiger partial charge is 0.419 e. The number of aliphatic carboxylic acids is 1. The van der Waals surface area contributed by atoms with Crippen molar-refractivity contribution in [2.45, 2.75) is 19.5 Å². The fraction of sp³-hybridized carbons (Fsp3) is 0.176. The highest BCUT2D eigenvalue weighted by Gasteiger charge is 2.26. The molecule has 1 atom stereocenters. The van der Waals surface area contributed by atoms with Crippen molar-refractivity contribution in [3.05, 3.63) is 71.8 Å². The maximum Gasteiger partial charge on any atom is 0.419 e. The van der Waals surface area contributed by atoms with Crippen LogP contribution in [0, 0.1) is 0 Å². The molecule has 0 spiro atoms. The lowest BCUT2D eigenvalue weighted by Gasteiger charge is -2.26. The lowest BCUT2D eigenvalue weighted by atomic mass is 10.1. The molecule has 0 radical (unpaired) electrons. The lowest BCUT2D eigenvalue weighted by molar-refractivity contribution is -0.141. The Kier molecular flexibility index (Phi) is 8.48. The molecule has 0 aliphatic rings. The molecule has 0 heterocycles. The molecule has 1 amide bonds. The van der Waals surface area contributed by atoms with Gasteiger partial charge in [-0.25, -0.2) is 9.36 Å². The first-order chi connectivity index (χ1) is 12.1. The number of amides is 1. The number of hydrogen-bond acceptors (Lipinski definition) is 3. The van der Waals surface area contributed by atoms with E-state index in [4.69, 9.17) is 14.4 Å². The molecule has 2 aromatic rings. The van der Waals surface area contributed by atoms with E-state index in [1.165, 1.54) is 11.8 Å². The summed E-state index contributed by atoms with van der Waals surface area (Å²) >= 11 is 4.20. The van der Waals surface area contributed by atoms with Gasteiger partial charge < -0.3 is 19.8 Å². The Morgan fingerprint density at radius 3 is 1.88 bits per heavy atom. The molecule has 0 fully saturated rings. The quantitative estimate of drug-likeness (QED) is 0.665. The van der Waals surface area contributed by atoms with Gasteiger partial charge in [0.25, 0.3) is 5.91 Å². The fourth-order valence-corrected chi connectivity index (χ4v) is 2.04. The summed E-state index contributed by atoms with van der Waals surface area (Å²) in [7, 11) is 0. The van der Waals surface area contributed by atoms with Gasteiger partial charge in [0.15, 0.2) is 0 Å². The Hall–Kier alpha value is -2.18. The largest absolute Gasteiger partial charge is 0.480 e. The average molecular weight is 400 g/mol. The van der Waals surface area contributed by atoms with Crippen molar-refractivity contribution in [2.75, 3.05) is 0 Å². The molecular formula is C17H19ClNO6P. The molecular weight excluding hydrogens is 381 g/mol. The Morgan fingerprint density at radius 2 is 1.46 bits per heavy atom. The Labute approximate surface area is 155 Å². The Bertz CT molecular complexity index is 757. The minimum atomic E-state index is -4.17. The number of carboxylic acids is 1. The van der Waals surface area contributed by atoms with Gasteiger partial charge in [-0.1, -0.05) is 48.5 Å². The van der Waals surface area contributed by atoms with Crippen molar-refractivity contribution in [1.82, 2.24) is 4.90 Å². The number of carbonyl (C=O) groups excluding carboxylic acids is 1. The van der Waals surface area contributed by atoms with E-state index in [0.717, 1.165) is 5.56 Å². The van der Waals surface area contributed by atoms with Crippen LogP contribution in [0.1, 0.15) is 22.8 Å². The third kappa shape index (κ3) is 8.27. The zero-order chi connectivity index (χ0) is 19.7. The highest BCUT2D eigenvalue weighted by Crippen LogP contribution is 2.39. The van der Waals surface area contributed by atoms with Crippen LogP contribution in [-0.4, -0.2) is 37.7 Å². The van der Waals surface area contributed by atoms with E-state index in [0.29, 0.717) is 5.56 Å². The Balaban J connectivity index is 0.000000597. The molecule has 2 rings (SSSR count). The van der Waals surface area contributed by atoms with Crippen LogP contribution < -0.4 is 0 Å². The summed E-state index contributed by atoms with van der Waals surface area (Å²) in [4.78, 5) is 40.0. The second-order valence-electron chi connectivity index (χ2n) is 5.27. The van der Waals surface area contributed by atoms with Crippen molar-refractivity contribution in [2.24, 2.45) is 0 Å². The molecule has 140 valence electrons. The minimum Gasteiger partial charge on any atom is -0.480 e. The van der Waals surface area contributed by atoms with Gasteiger partial charge in [0.05, 0.1) is 0 Å². The molecule has 0 saturated heterocycles. The molecule has 3 N–H and O–H groups in total. The minimum absolute atomic E-state index is 0.266. The third-order valence-corrected chi connectivity index (χ3v) is 3.30. The van der Waals surface area contributed by atoms with E-state index in [-0.39, 0.29) is 12.5 Å². The number of carboxylic acid groups (broad SMARTS) is 1. The zero-order valence-corrected chi connectivity index (χ0v) is 15.5. The summed E-state index contributed by atoms with van der Waals surface area (Å²) < 4.78 is 9.09. The van der Waals surface area contributed by atoms with Crippen LogP contribution in [0.2, 0.25) is 0 Å². The van der Waals surface area contributed by atoms with Gasteiger partial charge in [-0.2, -0.15) is 0 Å². The van der Waals surface area contributed by atoms with E-state index in [9.17, 15) is 14.7 Å². The number of carbonyl (C=O) groups is 2. The van der Waals surface area contributed by atoms with Crippen LogP contribution in [0.3, 0.4) is 0 Å². The highest BCUT2D eigenvalue weighted by molar-refractivity contribution is 7.79. The standard InChI is InChI=1S/C17H17NO3.ClH2O3P/c1-13(17(20)21)18(12-14-8-4-2-5-9-14)16(19)15-10-6-3-7-11-15;1-5(2,3)4/h2-11,13H,12H2,1H3,(H,20,21);(H2,2,3,4). The predicted molar refractivity (Wildman–Crippen MR) is 97.8 cm³/mol. The molecule has 9 heteroatoms. The summed E-state index contributed by atoms with van der Waals surface area (Å²) in [6.07, 6.45) is 0. The summed E-state index contributed by atoms with van der Waals surface area (Å²) in [5, 5.41) is 9.23. The van der Waals surface area contributed by atoms with Gasteiger partial charge >= 0.3 is 12.9 Å². The van der Waals surface area contributed by atoms with Crippen LogP contribution in [-0.2, 0) is 15.9 Å². The van der Waals surface area contributed by atoms with E-state index in [1.807, 2.05) is 36.4 Å². The van der Waals surface area contributed by atoms with Gasteiger partial charge in [0.2, 0.25) is 0 Å². The summed E-state index contributed by atoms with van der Waals surface area (Å²) in [6, 6.07) is 17.2. The summed E-state index contributed by atoms with van der Waals surface area (Å²) in [5.41, 5.74) is 1.39. The zero-order valence-electron chi connectivity index (χ0n) is 13.9. The number of halogens is 1. The van der Waals surface area contributed by atoms with Crippen molar-refractivity contribution < 1.29 is 29.0 Å². The van der Waals surface area contributed by atoms with Crippen LogP contribution in [0.5, 0.6) is 0 Å². The van der Waals surface area contributed by atoms with Crippen LogP contribution in [0.25, 0.3) is 0 Å². The van der Waals surface area contributed by atoms with Gasteiger partial charge in [-0.3, -0.25) is 4.79 Å². The van der Waals surface area contributed by atoms with Crippen LogP contribution in [0.15, 0.2) is 60.7 Å². The van der Waals surface area contributed by atoms with E-state index < -0.39 is 19.0 Å². The van der Waals surface area contributed by atoms with Crippen LogP contribution in [0.4, 0.5) is 0 Å². The summed E-state index contributed by atoms with van der Waals surface area (Å²) in [5.74, 6) is -1.30. The number of nitrogens with zero attached hydrogens (tertiary/aromatic N) is 1. The fourth-order valence-electron chi connectivity index (χ4n) is 2.04. The van der Waals surface area contributed by atoms with E-state index in [2.05, 4.69) is 11.2 Å². The molecule has 0 aromatic heterocycles. The molecule has 7 nitrogen and oxygen atoms in total. The van der Waals surface area contributed by atoms with E-state index in [1.54, 1.807) is 24.3 Å². The van der Waals surface area contributed by atoms with Gasteiger partial charge in [0, 0.05) is 23.3 Å². The molecule has 1 unspecified atom stereocenters. The van der Waals surface area contributed by atoms with Crippen molar-refractivity contribution in [3.63, 3.8) is 0 Å². The van der Waals surface area contributed by atoms with Gasteiger partial charge in [0.1, 0.15) is 6.04 Å². The molecule has 0 aliphatic heterocycles. The number of rotatable bonds is 5. The van der Waals surface area contributed by atoms with Gasteiger partial charge in [-0.05, 0) is 24.6 Å². The van der Waals surface area contributed by atoms with Crippen molar-refractivity contribution >= 4 is 30.1 Å². The molecule has 0 aliphatic carbocycles. The maximum atomic E-state index is 12.6. The second kappa shape index (κ2) is 10.1. The first-order valence-corrected chi connectivity index (χ1v) is 9.99. The van der Waals surface area contributed by atoms with Crippen molar-refractivity contribution in [1.29, 1.82) is 0 Å². The molecule has 0 saturated carbocycles. The van der Waals surface area contributed by atoms with Gasteiger partial charge in [-0.15, -0.1) is 0 Å². The summed E-state index contributed by atoms with van der Waals surface area (Å²) in [6.45, 7) is -2.38. The lowest BCUT2D eigenvalue weighted by Crippen LogP contribution is -2.42. The molecule has 0 bridgehead atoms. The SMILES string of the molecule is CC(C(=O)O)N(Cc1ccccc1)C(=O)c1ccccc1.O=P(O)(O)Cl. The first kappa shape index (κ1) is 21.9. The maximum absolute atomic E-state index is 12.6. The number of benzene rings is 2. The normalized spacial score (nSPS) is 11.7. The average Bonchev–Trinajstić information content (AvgIpc) is 2.58. The Morgan fingerprint density at radius 1 is 1.04 bits per heavy atom. The topological polar surface area (TPSA) is 115 Å². The predicted octanol–water partition coefficient (Wildman–Crippen LogP) is 3.12. The molecule has 26 heavy (non-hydrogen) atoms. The van der Waals surface area contributed by atoms with E-state index >= 15 is 0 Å².